The molecule has 0 fully saturated rings. The van der Waals surface area contributed by atoms with Crippen LogP contribution < -0.4 is 15.6 Å². The van der Waals surface area contributed by atoms with Crippen LogP contribution in [0.1, 0.15) is 25.6 Å². The standard InChI is InChI=1S/C20H18N2O3S/c23-19(21-22-20(24)18-10-5-13-26-18)16-8-4-9-17(14-16)25-12-11-15-6-2-1-3-7-15/h1-10,13-14H,11-12H2,(H,21,23)(H,22,24). The van der Waals surface area contributed by atoms with Crippen molar-refractivity contribution in [2.24, 2.45) is 0 Å². The van der Waals surface area contributed by atoms with Crippen molar-refractivity contribution in [3.8, 4) is 5.75 Å². The molecule has 6 heteroatoms. The Kier molecular flexibility index (Phi) is 6.01. The van der Waals surface area contributed by atoms with Gasteiger partial charge in [0.25, 0.3) is 11.8 Å². The van der Waals surface area contributed by atoms with E-state index in [2.05, 4.69) is 10.9 Å². The van der Waals surface area contributed by atoms with E-state index < -0.39 is 5.91 Å². The molecule has 0 saturated heterocycles. The summed E-state index contributed by atoms with van der Waals surface area (Å²) in [6.45, 7) is 0.518. The van der Waals surface area contributed by atoms with Crippen molar-refractivity contribution in [2.75, 3.05) is 6.61 Å². The Balaban J connectivity index is 1.51. The van der Waals surface area contributed by atoms with Gasteiger partial charge in [0.05, 0.1) is 11.5 Å². The summed E-state index contributed by atoms with van der Waals surface area (Å²) >= 11 is 1.30. The molecule has 132 valence electrons. The Morgan fingerprint density at radius 3 is 2.46 bits per heavy atom. The van der Waals surface area contributed by atoms with E-state index in [9.17, 15) is 9.59 Å². The fraction of sp³-hybridized carbons (Fsp3) is 0.100. The smallest absolute Gasteiger partial charge is 0.279 e. The third kappa shape index (κ3) is 4.94. The molecular weight excluding hydrogens is 348 g/mol. The molecule has 1 aromatic heterocycles. The van der Waals surface area contributed by atoms with E-state index in [1.54, 1.807) is 41.8 Å². The number of carbonyl (C=O) groups is 2. The quantitative estimate of drug-likeness (QED) is 0.657. The molecule has 0 saturated carbocycles. The van der Waals surface area contributed by atoms with Crippen LogP contribution in [0.3, 0.4) is 0 Å². The van der Waals surface area contributed by atoms with Gasteiger partial charge in [0, 0.05) is 12.0 Å². The zero-order valence-corrected chi connectivity index (χ0v) is 14.8. The molecular formula is C20H18N2O3S. The van der Waals surface area contributed by atoms with Gasteiger partial charge in [0.2, 0.25) is 0 Å². The number of ether oxygens (including phenoxy) is 1. The van der Waals surface area contributed by atoms with Crippen LogP contribution in [-0.4, -0.2) is 18.4 Å². The minimum absolute atomic E-state index is 0.344. The van der Waals surface area contributed by atoms with E-state index in [0.29, 0.717) is 22.8 Å². The predicted octanol–water partition coefficient (Wildman–Crippen LogP) is 3.44. The van der Waals surface area contributed by atoms with Crippen LogP contribution in [0.15, 0.2) is 72.1 Å². The molecule has 26 heavy (non-hydrogen) atoms. The van der Waals surface area contributed by atoms with Crippen molar-refractivity contribution in [3.05, 3.63) is 88.1 Å². The Morgan fingerprint density at radius 2 is 1.69 bits per heavy atom. The maximum atomic E-state index is 12.2. The minimum atomic E-state index is -0.400. The van der Waals surface area contributed by atoms with Gasteiger partial charge in [-0.05, 0) is 35.2 Å². The number of hydrogen-bond donors (Lipinski definition) is 2. The number of thiophene rings is 1. The predicted molar refractivity (Wildman–Crippen MR) is 101 cm³/mol. The van der Waals surface area contributed by atoms with Gasteiger partial charge in [-0.25, -0.2) is 0 Å². The number of rotatable bonds is 6. The van der Waals surface area contributed by atoms with Crippen molar-refractivity contribution in [2.45, 2.75) is 6.42 Å². The second-order valence-electron chi connectivity index (χ2n) is 5.50. The summed E-state index contributed by atoms with van der Waals surface area (Å²) in [6, 6.07) is 20.4. The number of benzene rings is 2. The van der Waals surface area contributed by atoms with Gasteiger partial charge < -0.3 is 4.74 Å². The number of nitrogens with one attached hydrogen (secondary N) is 2. The van der Waals surface area contributed by atoms with Crippen LogP contribution in [0, 0.1) is 0 Å². The van der Waals surface area contributed by atoms with Gasteiger partial charge in [0.15, 0.2) is 0 Å². The zero-order valence-electron chi connectivity index (χ0n) is 14.0. The van der Waals surface area contributed by atoms with Gasteiger partial charge in [-0.2, -0.15) is 0 Å². The van der Waals surface area contributed by atoms with Crippen LogP contribution >= 0.6 is 11.3 Å². The molecule has 0 spiro atoms. The van der Waals surface area contributed by atoms with Gasteiger partial charge in [-0.1, -0.05) is 42.5 Å². The van der Waals surface area contributed by atoms with Gasteiger partial charge in [-0.3, -0.25) is 20.4 Å². The molecule has 5 nitrogen and oxygen atoms in total. The second kappa shape index (κ2) is 8.82. The summed E-state index contributed by atoms with van der Waals surface area (Å²) in [5.41, 5.74) is 6.41. The van der Waals surface area contributed by atoms with Gasteiger partial charge >= 0.3 is 0 Å². The van der Waals surface area contributed by atoms with Crippen LogP contribution in [-0.2, 0) is 6.42 Å². The molecule has 0 aliphatic heterocycles. The van der Waals surface area contributed by atoms with Crippen LogP contribution in [0.4, 0.5) is 0 Å². The van der Waals surface area contributed by atoms with Gasteiger partial charge in [-0.15, -0.1) is 11.3 Å². The molecule has 1 heterocycles. The van der Waals surface area contributed by atoms with Crippen molar-refractivity contribution in [3.63, 3.8) is 0 Å². The molecule has 2 amide bonds. The van der Waals surface area contributed by atoms with Crippen LogP contribution in [0.25, 0.3) is 0 Å². The average Bonchev–Trinajstić information content (AvgIpc) is 3.22. The van der Waals surface area contributed by atoms with E-state index >= 15 is 0 Å². The van der Waals surface area contributed by atoms with Crippen LogP contribution in [0.2, 0.25) is 0 Å². The first-order valence-electron chi connectivity index (χ1n) is 8.13. The monoisotopic (exact) mass is 366 g/mol. The van der Waals surface area contributed by atoms with E-state index in [1.165, 1.54) is 16.9 Å². The lowest BCUT2D eigenvalue weighted by molar-refractivity contribution is 0.0848. The number of amides is 2. The van der Waals surface area contributed by atoms with E-state index in [4.69, 9.17) is 4.74 Å². The second-order valence-corrected chi connectivity index (χ2v) is 6.45. The summed E-state index contributed by atoms with van der Waals surface area (Å²) in [5, 5.41) is 1.80. The molecule has 0 bridgehead atoms. The summed E-state index contributed by atoms with van der Waals surface area (Å²) in [6.07, 6.45) is 0.786. The van der Waals surface area contributed by atoms with Crippen molar-refractivity contribution < 1.29 is 14.3 Å². The van der Waals surface area contributed by atoms with Gasteiger partial charge in [0.1, 0.15) is 5.75 Å². The maximum absolute atomic E-state index is 12.2. The highest BCUT2D eigenvalue weighted by molar-refractivity contribution is 7.12. The molecule has 0 radical (unpaired) electrons. The Labute approximate surface area is 155 Å². The van der Waals surface area contributed by atoms with Crippen molar-refractivity contribution in [1.82, 2.24) is 10.9 Å². The first-order chi connectivity index (χ1) is 12.7. The number of carbonyl (C=O) groups excluding carboxylic acids is 2. The van der Waals surface area contributed by atoms with E-state index in [0.717, 1.165) is 6.42 Å². The summed E-state index contributed by atoms with van der Waals surface area (Å²) < 4.78 is 5.72. The molecule has 2 aromatic carbocycles. The normalized spacial score (nSPS) is 10.2. The largest absolute Gasteiger partial charge is 0.493 e. The molecule has 3 aromatic rings. The van der Waals surface area contributed by atoms with Crippen molar-refractivity contribution in [1.29, 1.82) is 0 Å². The van der Waals surface area contributed by atoms with Crippen LogP contribution in [0.5, 0.6) is 5.75 Å². The summed E-state index contributed by atoms with van der Waals surface area (Å²) in [5.74, 6) is -0.134. The molecule has 0 unspecified atom stereocenters. The Hall–Kier alpha value is -3.12. The summed E-state index contributed by atoms with van der Waals surface area (Å²) in [4.78, 5) is 24.6. The lowest BCUT2D eigenvalue weighted by atomic mass is 10.2. The first-order valence-corrected chi connectivity index (χ1v) is 9.01. The SMILES string of the molecule is O=C(NNC(=O)c1cccs1)c1cccc(OCCc2ccccc2)c1. The lowest BCUT2D eigenvalue weighted by Gasteiger charge is -2.09. The number of hydrogen-bond acceptors (Lipinski definition) is 4. The van der Waals surface area contributed by atoms with E-state index in [-0.39, 0.29) is 5.91 Å². The Morgan fingerprint density at radius 1 is 0.885 bits per heavy atom. The minimum Gasteiger partial charge on any atom is -0.493 e. The fourth-order valence-corrected chi connectivity index (χ4v) is 2.93. The molecule has 3 rings (SSSR count). The lowest BCUT2D eigenvalue weighted by Crippen LogP contribution is -2.41. The Bertz CT molecular complexity index is 864. The third-order valence-corrected chi connectivity index (χ3v) is 4.50. The summed E-state index contributed by atoms with van der Waals surface area (Å²) in [7, 11) is 0. The first kappa shape index (κ1) is 17.7. The highest BCUT2D eigenvalue weighted by Gasteiger charge is 2.10. The van der Waals surface area contributed by atoms with E-state index in [1.807, 2.05) is 30.3 Å². The molecule has 2 N–H and O–H groups in total. The number of hydrazine groups is 1. The zero-order chi connectivity index (χ0) is 18.2. The third-order valence-electron chi connectivity index (χ3n) is 3.63. The molecule has 0 aliphatic carbocycles. The molecule has 0 aliphatic rings. The molecule has 0 atom stereocenters. The highest BCUT2D eigenvalue weighted by atomic mass is 32.1. The highest BCUT2D eigenvalue weighted by Crippen LogP contribution is 2.14. The topological polar surface area (TPSA) is 67.4 Å². The van der Waals surface area contributed by atoms with Crippen molar-refractivity contribution >= 4 is 23.2 Å². The maximum Gasteiger partial charge on any atom is 0.279 e. The fourth-order valence-electron chi connectivity index (χ4n) is 2.31. The average molecular weight is 366 g/mol.